The Balaban J connectivity index is 1.88. The third-order valence-corrected chi connectivity index (χ3v) is 3.25. The molecule has 0 unspecified atom stereocenters. The first-order valence-corrected chi connectivity index (χ1v) is 6.48. The number of carbonyl (C=O) groups is 1. The van der Waals surface area contributed by atoms with E-state index in [0.717, 1.165) is 30.4 Å². The molecule has 0 radical (unpaired) electrons. The number of hydrogen-bond acceptors (Lipinski definition) is 1. The van der Waals surface area contributed by atoms with Gasteiger partial charge in [-0.25, -0.2) is 0 Å². The highest BCUT2D eigenvalue weighted by Gasteiger charge is 2.13. The Labute approximate surface area is 108 Å². The molecule has 1 aromatic rings. The van der Waals surface area contributed by atoms with E-state index in [1.807, 2.05) is 30.3 Å². The SMILES string of the molecule is C=C(C(=O)NCc1ccccc1)C1=CCCCC1. The Morgan fingerprint density at radius 1 is 1.22 bits per heavy atom. The minimum absolute atomic E-state index is 0.0491. The summed E-state index contributed by atoms with van der Waals surface area (Å²) in [7, 11) is 0. The lowest BCUT2D eigenvalue weighted by Gasteiger charge is -2.15. The van der Waals surface area contributed by atoms with Crippen LogP contribution in [-0.4, -0.2) is 5.91 Å². The Morgan fingerprint density at radius 2 is 2.00 bits per heavy atom. The summed E-state index contributed by atoms with van der Waals surface area (Å²) in [6.45, 7) is 4.47. The fourth-order valence-corrected chi connectivity index (χ4v) is 2.14. The van der Waals surface area contributed by atoms with Crippen molar-refractivity contribution in [3.8, 4) is 0 Å². The fourth-order valence-electron chi connectivity index (χ4n) is 2.14. The van der Waals surface area contributed by atoms with Crippen LogP contribution < -0.4 is 5.32 Å². The smallest absolute Gasteiger partial charge is 0.251 e. The lowest BCUT2D eigenvalue weighted by atomic mass is 9.94. The van der Waals surface area contributed by atoms with Crippen LogP contribution in [0.15, 0.2) is 54.1 Å². The topological polar surface area (TPSA) is 29.1 Å². The van der Waals surface area contributed by atoms with E-state index in [1.54, 1.807) is 0 Å². The number of amides is 1. The van der Waals surface area contributed by atoms with Gasteiger partial charge in [-0.05, 0) is 36.8 Å². The predicted molar refractivity (Wildman–Crippen MR) is 74.0 cm³/mol. The van der Waals surface area contributed by atoms with Crippen LogP contribution in [0.4, 0.5) is 0 Å². The third-order valence-electron chi connectivity index (χ3n) is 3.25. The van der Waals surface area contributed by atoms with Crippen molar-refractivity contribution in [2.45, 2.75) is 32.2 Å². The van der Waals surface area contributed by atoms with Crippen molar-refractivity contribution < 1.29 is 4.79 Å². The van der Waals surface area contributed by atoms with Gasteiger partial charge in [-0.1, -0.05) is 43.0 Å². The van der Waals surface area contributed by atoms with Crippen molar-refractivity contribution in [1.82, 2.24) is 5.32 Å². The minimum atomic E-state index is -0.0491. The molecule has 2 rings (SSSR count). The number of carbonyl (C=O) groups excluding carboxylic acids is 1. The zero-order valence-electron chi connectivity index (χ0n) is 10.6. The lowest BCUT2D eigenvalue weighted by Crippen LogP contribution is -2.25. The zero-order valence-corrected chi connectivity index (χ0v) is 10.6. The molecule has 1 amide bonds. The molecule has 1 N–H and O–H groups in total. The molecule has 1 aromatic carbocycles. The van der Waals surface area contributed by atoms with E-state index >= 15 is 0 Å². The molecule has 0 saturated carbocycles. The van der Waals surface area contributed by atoms with Crippen LogP contribution in [-0.2, 0) is 11.3 Å². The highest BCUT2D eigenvalue weighted by Crippen LogP contribution is 2.22. The predicted octanol–water partition coefficient (Wildman–Crippen LogP) is 3.36. The van der Waals surface area contributed by atoms with Crippen molar-refractivity contribution in [2.75, 3.05) is 0 Å². The van der Waals surface area contributed by atoms with E-state index in [2.05, 4.69) is 18.0 Å². The molecule has 18 heavy (non-hydrogen) atoms. The van der Waals surface area contributed by atoms with Gasteiger partial charge in [0.05, 0.1) is 0 Å². The van der Waals surface area contributed by atoms with Crippen LogP contribution in [0, 0.1) is 0 Å². The highest BCUT2D eigenvalue weighted by molar-refractivity contribution is 5.97. The Kier molecular flexibility index (Phi) is 4.35. The van der Waals surface area contributed by atoms with Gasteiger partial charge in [0.1, 0.15) is 0 Å². The molecule has 1 aliphatic carbocycles. The summed E-state index contributed by atoms with van der Waals surface area (Å²) >= 11 is 0. The summed E-state index contributed by atoms with van der Waals surface area (Å²) < 4.78 is 0. The molecule has 0 heterocycles. The van der Waals surface area contributed by atoms with E-state index in [4.69, 9.17) is 0 Å². The second-order valence-electron chi connectivity index (χ2n) is 4.62. The highest BCUT2D eigenvalue weighted by atomic mass is 16.1. The number of hydrogen-bond donors (Lipinski definition) is 1. The van der Waals surface area contributed by atoms with Crippen LogP contribution in [0.3, 0.4) is 0 Å². The summed E-state index contributed by atoms with van der Waals surface area (Å²) in [6.07, 6.45) is 6.59. The average Bonchev–Trinajstić information content (AvgIpc) is 2.46. The second-order valence-corrected chi connectivity index (χ2v) is 4.62. The standard InChI is InChI=1S/C16H19NO/c1-13(15-10-6-3-7-11-15)16(18)17-12-14-8-4-2-5-9-14/h2,4-5,8-10H,1,3,6-7,11-12H2,(H,17,18). The van der Waals surface area contributed by atoms with Crippen molar-refractivity contribution in [1.29, 1.82) is 0 Å². The van der Waals surface area contributed by atoms with Gasteiger partial charge < -0.3 is 5.32 Å². The summed E-state index contributed by atoms with van der Waals surface area (Å²) in [5, 5.41) is 2.92. The van der Waals surface area contributed by atoms with Crippen LogP contribution in [0.1, 0.15) is 31.2 Å². The number of benzene rings is 1. The first-order valence-electron chi connectivity index (χ1n) is 6.48. The van der Waals surface area contributed by atoms with Crippen LogP contribution >= 0.6 is 0 Å². The molecule has 2 nitrogen and oxygen atoms in total. The molecule has 0 saturated heterocycles. The molecule has 2 heteroatoms. The number of rotatable bonds is 4. The Hall–Kier alpha value is -1.83. The molecule has 0 aliphatic heterocycles. The molecular formula is C16H19NO. The summed E-state index contributed by atoms with van der Waals surface area (Å²) in [6, 6.07) is 9.92. The minimum Gasteiger partial charge on any atom is -0.348 e. The van der Waals surface area contributed by atoms with Crippen molar-refractivity contribution >= 4 is 5.91 Å². The fraction of sp³-hybridized carbons (Fsp3) is 0.312. The molecule has 0 atom stereocenters. The summed E-state index contributed by atoms with van der Waals surface area (Å²) in [4.78, 5) is 12.0. The van der Waals surface area contributed by atoms with Crippen molar-refractivity contribution in [3.63, 3.8) is 0 Å². The van der Waals surface area contributed by atoms with E-state index in [1.165, 1.54) is 6.42 Å². The number of allylic oxidation sites excluding steroid dienone is 1. The maximum absolute atomic E-state index is 12.0. The molecule has 0 fully saturated rings. The normalized spacial score (nSPS) is 14.8. The monoisotopic (exact) mass is 241 g/mol. The Bertz CT molecular complexity index is 459. The van der Waals surface area contributed by atoms with Gasteiger partial charge in [-0.3, -0.25) is 4.79 Å². The number of nitrogens with one attached hydrogen (secondary N) is 1. The van der Waals surface area contributed by atoms with Gasteiger partial charge in [0, 0.05) is 12.1 Å². The van der Waals surface area contributed by atoms with Crippen LogP contribution in [0.25, 0.3) is 0 Å². The molecule has 0 spiro atoms. The molecule has 94 valence electrons. The van der Waals surface area contributed by atoms with E-state index in [0.29, 0.717) is 12.1 Å². The van der Waals surface area contributed by atoms with E-state index in [9.17, 15) is 4.79 Å². The zero-order chi connectivity index (χ0) is 12.8. The summed E-state index contributed by atoms with van der Waals surface area (Å²) in [5.74, 6) is -0.0491. The molecule has 0 bridgehead atoms. The van der Waals surface area contributed by atoms with E-state index in [-0.39, 0.29) is 5.91 Å². The quantitative estimate of drug-likeness (QED) is 0.805. The summed E-state index contributed by atoms with van der Waals surface area (Å²) in [5.41, 5.74) is 2.86. The van der Waals surface area contributed by atoms with Gasteiger partial charge in [-0.2, -0.15) is 0 Å². The first-order chi connectivity index (χ1) is 8.77. The second kappa shape index (κ2) is 6.20. The maximum Gasteiger partial charge on any atom is 0.251 e. The molecule has 1 aliphatic rings. The molecular weight excluding hydrogens is 222 g/mol. The molecule has 0 aromatic heterocycles. The van der Waals surface area contributed by atoms with Gasteiger partial charge >= 0.3 is 0 Å². The first kappa shape index (κ1) is 12.6. The maximum atomic E-state index is 12.0. The van der Waals surface area contributed by atoms with Gasteiger partial charge in [0.25, 0.3) is 5.91 Å². The Morgan fingerprint density at radius 3 is 2.67 bits per heavy atom. The van der Waals surface area contributed by atoms with E-state index < -0.39 is 0 Å². The lowest BCUT2D eigenvalue weighted by molar-refractivity contribution is -0.117. The van der Waals surface area contributed by atoms with Gasteiger partial charge in [0.15, 0.2) is 0 Å². The van der Waals surface area contributed by atoms with Gasteiger partial charge in [-0.15, -0.1) is 0 Å². The average molecular weight is 241 g/mol. The van der Waals surface area contributed by atoms with Crippen molar-refractivity contribution in [2.24, 2.45) is 0 Å². The van der Waals surface area contributed by atoms with Gasteiger partial charge in [0.2, 0.25) is 0 Å². The largest absolute Gasteiger partial charge is 0.348 e. The van der Waals surface area contributed by atoms with Crippen LogP contribution in [0.2, 0.25) is 0 Å². The van der Waals surface area contributed by atoms with Crippen LogP contribution in [0.5, 0.6) is 0 Å². The third kappa shape index (κ3) is 3.33. The van der Waals surface area contributed by atoms with Crippen molar-refractivity contribution in [3.05, 3.63) is 59.7 Å².